The van der Waals surface area contributed by atoms with E-state index in [1.807, 2.05) is 18.0 Å². The van der Waals surface area contributed by atoms with Crippen LogP contribution >= 0.6 is 0 Å². The van der Waals surface area contributed by atoms with Crippen LogP contribution in [0, 0.1) is 5.92 Å². The Balaban J connectivity index is 1.81. The zero-order valence-corrected chi connectivity index (χ0v) is 14.3. The van der Waals surface area contributed by atoms with E-state index in [2.05, 4.69) is 10.0 Å². The molecule has 3 rings (SSSR count). The topological polar surface area (TPSA) is 35.9 Å². The smallest absolute Gasteiger partial charge is 0.270 e. The van der Waals surface area contributed by atoms with Crippen LogP contribution in [0.3, 0.4) is 0 Å². The lowest BCUT2D eigenvalue weighted by molar-refractivity contribution is -0.121. The highest BCUT2D eigenvalue weighted by molar-refractivity contribution is 6.05. The number of carbonyl (C=O) groups excluding carboxylic acids is 1. The average Bonchev–Trinajstić information content (AvgIpc) is 3.06. The Bertz CT molecular complexity index is 668. The Hall–Kier alpha value is -1.82. The maximum atomic E-state index is 13.5. The van der Waals surface area contributed by atoms with Gasteiger partial charge in [0.05, 0.1) is 18.2 Å². The maximum absolute atomic E-state index is 13.5. The van der Waals surface area contributed by atoms with Gasteiger partial charge in [-0.1, -0.05) is 25.1 Å². The van der Waals surface area contributed by atoms with E-state index < -0.39 is 5.92 Å². The Morgan fingerprint density at radius 2 is 2.12 bits per heavy atom. The lowest BCUT2D eigenvalue weighted by atomic mass is 9.94. The molecule has 0 bridgehead atoms. The second-order valence-electron chi connectivity index (χ2n) is 6.67. The van der Waals surface area contributed by atoms with E-state index in [4.69, 9.17) is 0 Å². The van der Waals surface area contributed by atoms with Gasteiger partial charge in [0.15, 0.2) is 0 Å². The van der Waals surface area contributed by atoms with Gasteiger partial charge in [-0.2, -0.15) is 5.10 Å². The number of halogens is 2. The number of hydrogen-bond acceptors (Lipinski definition) is 4. The molecule has 0 N–H and O–H groups in total. The van der Waals surface area contributed by atoms with Crippen molar-refractivity contribution in [3.05, 3.63) is 35.4 Å². The van der Waals surface area contributed by atoms with Crippen molar-refractivity contribution in [2.24, 2.45) is 11.0 Å². The van der Waals surface area contributed by atoms with Crippen LogP contribution in [0.15, 0.2) is 29.4 Å². The van der Waals surface area contributed by atoms with Gasteiger partial charge in [0, 0.05) is 25.6 Å². The Kier molecular flexibility index (Phi) is 4.42. The van der Waals surface area contributed by atoms with Gasteiger partial charge in [0.25, 0.3) is 5.92 Å². The first-order valence-electron chi connectivity index (χ1n) is 8.37. The Labute approximate surface area is 141 Å². The molecule has 0 aliphatic carbocycles. The standard InChI is InChI=1S/C18H23F2N3O/c1-4-15-16(12(2)24)17-22(8-9-23(17)21-15)11-13-6-5-7-14(10-13)18(3,19)20/h5-7,10,16-17H,4,8-9,11H2,1-3H3. The van der Waals surface area contributed by atoms with E-state index in [1.165, 1.54) is 6.07 Å². The van der Waals surface area contributed by atoms with Crippen LogP contribution in [0.25, 0.3) is 0 Å². The zero-order valence-electron chi connectivity index (χ0n) is 14.3. The number of hydrazone groups is 1. The number of carbonyl (C=O) groups is 1. The predicted molar refractivity (Wildman–Crippen MR) is 88.8 cm³/mol. The summed E-state index contributed by atoms with van der Waals surface area (Å²) in [6.45, 7) is 6.61. The lowest BCUT2D eigenvalue weighted by Gasteiger charge is -2.28. The summed E-state index contributed by atoms with van der Waals surface area (Å²) < 4.78 is 27.1. The van der Waals surface area contributed by atoms with Crippen LogP contribution in [0.5, 0.6) is 0 Å². The van der Waals surface area contributed by atoms with Crippen molar-refractivity contribution in [3.8, 4) is 0 Å². The molecule has 6 heteroatoms. The molecule has 0 saturated carbocycles. The first-order chi connectivity index (χ1) is 11.3. The van der Waals surface area contributed by atoms with Gasteiger partial charge in [-0.15, -0.1) is 0 Å². The van der Waals surface area contributed by atoms with Gasteiger partial charge in [-0.25, -0.2) is 8.78 Å². The third kappa shape index (κ3) is 3.07. The third-order valence-electron chi connectivity index (χ3n) is 4.83. The summed E-state index contributed by atoms with van der Waals surface area (Å²) in [5.41, 5.74) is 1.78. The minimum Gasteiger partial charge on any atom is -0.299 e. The Morgan fingerprint density at radius 3 is 2.75 bits per heavy atom. The highest BCUT2D eigenvalue weighted by Gasteiger charge is 2.46. The first-order valence-corrected chi connectivity index (χ1v) is 8.37. The number of ketones is 1. The fourth-order valence-electron chi connectivity index (χ4n) is 3.66. The molecule has 0 spiro atoms. The minimum atomic E-state index is -2.85. The van der Waals surface area contributed by atoms with Crippen LogP contribution in [0.2, 0.25) is 0 Å². The number of fused-ring (bicyclic) bond motifs is 1. The molecule has 1 fully saturated rings. The summed E-state index contributed by atoms with van der Waals surface area (Å²) in [7, 11) is 0. The average molecular weight is 335 g/mol. The van der Waals surface area contributed by atoms with Crippen molar-refractivity contribution >= 4 is 11.5 Å². The van der Waals surface area contributed by atoms with Gasteiger partial charge >= 0.3 is 0 Å². The van der Waals surface area contributed by atoms with Crippen LogP contribution < -0.4 is 0 Å². The fraction of sp³-hybridized carbons (Fsp3) is 0.556. The molecule has 0 aromatic heterocycles. The molecule has 1 aromatic rings. The molecule has 24 heavy (non-hydrogen) atoms. The summed E-state index contributed by atoms with van der Waals surface area (Å²) in [6.07, 6.45) is 0.672. The molecule has 4 nitrogen and oxygen atoms in total. The van der Waals surface area contributed by atoms with Gasteiger partial charge in [-0.05, 0) is 25.0 Å². The van der Waals surface area contributed by atoms with E-state index >= 15 is 0 Å². The van der Waals surface area contributed by atoms with Gasteiger partial charge < -0.3 is 0 Å². The highest BCUT2D eigenvalue weighted by Crippen LogP contribution is 2.33. The Morgan fingerprint density at radius 1 is 1.38 bits per heavy atom. The quantitative estimate of drug-likeness (QED) is 0.829. The minimum absolute atomic E-state index is 0.0242. The summed E-state index contributed by atoms with van der Waals surface area (Å²) in [5, 5.41) is 6.56. The third-order valence-corrected chi connectivity index (χ3v) is 4.83. The molecule has 2 unspecified atom stereocenters. The monoisotopic (exact) mass is 335 g/mol. The van der Waals surface area contributed by atoms with Crippen molar-refractivity contribution < 1.29 is 13.6 Å². The number of Topliss-reactive ketones (excluding diaryl/α,β-unsaturated/α-hetero) is 1. The maximum Gasteiger partial charge on any atom is 0.270 e. The van der Waals surface area contributed by atoms with Gasteiger partial charge in [-0.3, -0.25) is 14.7 Å². The molecule has 1 saturated heterocycles. The van der Waals surface area contributed by atoms with Crippen molar-refractivity contribution in [1.29, 1.82) is 0 Å². The van der Waals surface area contributed by atoms with Crippen molar-refractivity contribution in [1.82, 2.24) is 9.91 Å². The molecule has 2 aliphatic heterocycles. The highest BCUT2D eigenvalue weighted by atomic mass is 19.3. The van der Waals surface area contributed by atoms with Crippen LogP contribution in [-0.4, -0.2) is 40.7 Å². The second-order valence-corrected chi connectivity index (χ2v) is 6.67. The first kappa shape index (κ1) is 17.0. The number of alkyl halides is 2. The number of nitrogens with zero attached hydrogens (tertiary/aromatic N) is 3. The summed E-state index contributed by atoms with van der Waals surface area (Å²) in [5.74, 6) is -2.95. The van der Waals surface area contributed by atoms with E-state index in [0.29, 0.717) is 6.54 Å². The molecule has 0 radical (unpaired) electrons. The van der Waals surface area contributed by atoms with Gasteiger partial charge in [0.2, 0.25) is 0 Å². The van der Waals surface area contributed by atoms with E-state index in [9.17, 15) is 13.6 Å². The molecular formula is C18H23F2N3O. The fourth-order valence-corrected chi connectivity index (χ4v) is 3.66. The molecule has 2 heterocycles. The lowest BCUT2D eigenvalue weighted by Crippen LogP contribution is -2.43. The summed E-state index contributed by atoms with van der Waals surface area (Å²) >= 11 is 0. The molecule has 2 aliphatic rings. The molecule has 2 atom stereocenters. The molecule has 0 amide bonds. The van der Waals surface area contributed by atoms with E-state index in [1.54, 1.807) is 19.1 Å². The van der Waals surface area contributed by atoms with Crippen molar-refractivity contribution in [2.45, 2.75) is 45.8 Å². The predicted octanol–water partition coefficient (Wildman–Crippen LogP) is 3.23. The molecular weight excluding hydrogens is 312 g/mol. The number of hydrogen-bond donors (Lipinski definition) is 0. The molecule has 130 valence electrons. The zero-order chi connectivity index (χ0) is 17.5. The van der Waals surface area contributed by atoms with Crippen molar-refractivity contribution in [3.63, 3.8) is 0 Å². The summed E-state index contributed by atoms with van der Waals surface area (Å²) in [4.78, 5) is 14.3. The normalized spacial score (nSPS) is 24.2. The largest absolute Gasteiger partial charge is 0.299 e. The van der Waals surface area contributed by atoms with E-state index in [-0.39, 0.29) is 23.4 Å². The molecule has 1 aromatic carbocycles. The van der Waals surface area contributed by atoms with Crippen molar-refractivity contribution in [2.75, 3.05) is 13.1 Å². The number of benzene rings is 1. The van der Waals surface area contributed by atoms with Crippen LogP contribution in [0.1, 0.15) is 38.3 Å². The van der Waals surface area contributed by atoms with Gasteiger partial charge in [0.1, 0.15) is 11.9 Å². The SMILES string of the molecule is CCC1=NN2CCN(Cc3cccc(C(C)(F)F)c3)C2C1C(C)=O. The van der Waals surface area contributed by atoms with Crippen LogP contribution in [-0.2, 0) is 17.3 Å². The van der Waals surface area contributed by atoms with E-state index in [0.717, 1.165) is 37.7 Å². The second kappa shape index (κ2) is 6.24. The van der Waals surface area contributed by atoms with Crippen LogP contribution in [0.4, 0.5) is 8.78 Å². The summed E-state index contributed by atoms with van der Waals surface area (Å²) in [6, 6.07) is 6.53. The number of rotatable bonds is 5.